The van der Waals surface area contributed by atoms with Crippen molar-refractivity contribution in [3.8, 4) is 0 Å². The molecule has 0 spiro atoms. The molecule has 5 heteroatoms. The van der Waals surface area contributed by atoms with Gasteiger partial charge in [0, 0.05) is 18.5 Å². The second kappa shape index (κ2) is 3.94. The van der Waals surface area contributed by atoms with Gasteiger partial charge in [-0.1, -0.05) is 6.07 Å². The Morgan fingerprint density at radius 2 is 2.33 bits per heavy atom. The molecule has 4 nitrogen and oxygen atoms in total. The van der Waals surface area contributed by atoms with Gasteiger partial charge in [-0.25, -0.2) is 4.39 Å². The molecule has 0 aromatic heterocycles. The van der Waals surface area contributed by atoms with Crippen molar-refractivity contribution >= 4 is 5.69 Å². The highest BCUT2D eigenvalue weighted by molar-refractivity contribution is 5.44. The van der Waals surface area contributed by atoms with Crippen LogP contribution in [0.1, 0.15) is 17.9 Å². The monoisotopic (exact) mass is 210 g/mol. The first-order valence-corrected chi connectivity index (χ1v) is 4.83. The van der Waals surface area contributed by atoms with Crippen LogP contribution >= 0.6 is 0 Å². The zero-order chi connectivity index (χ0) is 10.8. The van der Waals surface area contributed by atoms with E-state index in [4.69, 9.17) is 0 Å². The van der Waals surface area contributed by atoms with Crippen LogP contribution in [0.2, 0.25) is 0 Å². The second-order valence-electron chi connectivity index (χ2n) is 3.62. The number of nitrogens with one attached hydrogen (secondary N) is 1. The van der Waals surface area contributed by atoms with Crippen LogP contribution in [0.3, 0.4) is 0 Å². The lowest BCUT2D eigenvalue weighted by Gasteiger charge is -2.09. The number of hydrogen-bond acceptors (Lipinski definition) is 3. The Kier molecular flexibility index (Phi) is 2.64. The predicted octanol–water partition coefficient (Wildman–Crippen LogP) is 1.81. The fraction of sp³-hybridized carbons (Fsp3) is 0.400. The highest BCUT2D eigenvalue weighted by atomic mass is 19.1. The molecule has 0 radical (unpaired) electrons. The summed E-state index contributed by atoms with van der Waals surface area (Å²) in [7, 11) is 0. The number of nitro benzene ring substituents is 1. The minimum atomic E-state index is -0.517. The molecular formula is C10H11FN2O2. The molecule has 1 heterocycles. The third-order valence-electron chi connectivity index (χ3n) is 2.70. The fourth-order valence-electron chi connectivity index (χ4n) is 1.99. The summed E-state index contributed by atoms with van der Waals surface area (Å²) in [5.74, 6) is -0.551. The number of rotatable bonds is 2. The summed E-state index contributed by atoms with van der Waals surface area (Å²) in [6.07, 6.45) is 0.752. The first-order chi connectivity index (χ1) is 7.20. The van der Waals surface area contributed by atoms with Gasteiger partial charge in [-0.3, -0.25) is 10.1 Å². The molecule has 1 aromatic rings. The summed E-state index contributed by atoms with van der Waals surface area (Å²) in [6.45, 7) is 1.40. The molecule has 1 aliphatic heterocycles. The van der Waals surface area contributed by atoms with Crippen molar-refractivity contribution in [2.75, 3.05) is 13.1 Å². The summed E-state index contributed by atoms with van der Waals surface area (Å²) in [4.78, 5) is 10.2. The fourth-order valence-corrected chi connectivity index (χ4v) is 1.99. The van der Waals surface area contributed by atoms with Gasteiger partial charge in [-0.15, -0.1) is 0 Å². The molecule has 0 aliphatic carbocycles. The number of nitrogens with zero attached hydrogens (tertiary/aromatic N) is 1. The molecule has 15 heavy (non-hydrogen) atoms. The maximum absolute atomic E-state index is 13.5. The number of hydrogen-bond donors (Lipinski definition) is 1. The lowest BCUT2D eigenvalue weighted by molar-refractivity contribution is -0.385. The standard InChI is InChI=1S/C10H11FN2O2/c11-8-2-1-3-9(13(14)15)10(8)7-4-5-12-6-7/h1-3,7,12H,4-6H2. The van der Waals surface area contributed by atoms with Gasteiger partial charge in [0.25, 0.3) is 5.69 Å². The number of benzene rings is 1. The molecule has 2 rings (SSSR count). The van der Waals surface area contributed by atoms with Crippen LogP contribution in [0, 0.1) is 15.9 Å². The topological polar surface area (TPSA) is 55.2 Å². The molecule has 80 valence electrons. The van der Waals surface area contributed by atoms with Gasteiger partial charge in [0.05, 0.1) is 10.5 Å². The molecule has 1 fully saturated rings. The van der Waals surface area contributed by atoms with Gasteiger partial charge >= 0.3 is 0 Å². The largest absolute Gasteiger partial charge is 0.316 e. The molecule has 0 amide bonds. The van der Waals surface area contributed by atoms with E-state index in [0.29, 0.717) is 6.54 Å². The Labute approximate surface area is 86.3 Å². The first-order valence-electron chi connectivity index (χ1n) is 4.83. The van der Waals surface area contributed by atoms with Gasteiger partial charge in [0.15, 0.2) is 0 Å². The minimum Gasteiger partial charge on any atom is -0.316 e. The zero-order valence-electron chi connectivity index (χ0n) is 8.07. The van der Waals surface area contributed by atoms with E-state index in [2.05, 4.69) is 5.32 Å². The Morgan fingerprint density at radius 1 is 1.53 bits per heavy atom. The van der Waals surface area contributed by atoms with Crippen molar-refractivity contribution in [1.29, 1.82) is 0 Å². The van der Waals surface area contributed by atoms with Gasteiger partial charge in [-0.2, -0.15) is 0 Å². The lowest BCUT2D eigenvalue weighted by atomic mass is 9.96. The predicted molar refractivity (Wildman–Crippen MR) is 53.3 cm³/mol. The number of halogens is 1. The Hall–Kier alpha value is -1.49. The highest BCUT2D eigenvalue weighted by Gasteiger charge is 2.27. The van der Waals surface area contributed by atoms with Crippen LogP contribution in [0.25, 0.3) is 0 Å². The van der Waals surface area contributed by atoms with Crippen molar-refractivity contribution in [3.05, 3.63) is 39.7 Å². The second-order valence-corrected chi connectivity index (χ2v) is 3.62. The Bertz CT molecular complexity index is 389. The third kappa shape index (κ3) is 1.83. The molecule has 1 aromatic carbocycles. The van der Waals surface area contributed by atoms with E-state index in [-0.39, 0.29) is 17.2 Å². The van der Waals surface area contributed by atoms with E-state index in [0.717, 1.165) is 13.0 Å². The van der Waals surface area contributed by atoms with Gasteiger partial charge in [-0.05, 0) is 19.0 Å². The van der Waals surface area contributed by atoms with Crippen molar-refractivity contribution < 1.29 is 9.31 Å². The maximum Gasteiger partial charge on any atom is 0.275 e. The molecule has 1 N–H and O–H groups in total. The third-order valence-corrected chi connectivity index (χ3v) is 2.70. The number of nitro groups is 1. The van der Waals surface area contributed by atoms with Crippen LogP contribution in [0.5, 0.6) is 0 Å². The molecule has 1 unspecified atom stereocenters. The summed E-state index contributed by atoms with van der Waals surface area (Å²) >= 11 is 0. The highest BCUT2D eigenvalue weighted by Crippen LogP contribution is 2.32. The van der Waals surface area contributed by atoms with E-state index in [1.165, 1.54) is 18.2 Å². The van der Waals surface area contributed by atoms with Gasteiger partial charge in [0.1, 0.15) is 5.82 Å². The summed E-state index contributed by atoms with van der Waals surface area (Å²) < 4.78 is 13.5. The van der Waals surface area contributed by atoms with Crippen LogP contribution in [0.15, 0.2) is 18.2 Å². The van der Waals surface area contributed by atoms with Crippen LogP contribution < -0.4 is 5.32 Å². The van der Waals surface area contributed by atoms with Crippen LogP contribution in [0.4, 0.5) is 10.1 Å². The lowest BCUT2D eigenvalue weighted by Crippen LogP contribution is -2.10. The van der Waals surface area contributed by atoms with Crippen molar-refractivity contribution in [2.45, 2.75) is 12.3 Å². The molecule has 1 aliphatic rings. The van der Waals surface area contributed by atoms with Gasteiger partial charge in [0.2, 0.25) is 0 Å². The van der Waals surface area contributed by atoms with Crippen molar-refractivity contribution in [2.24, 2.45) is 0 Å². The molecule has 1 atom stereocenters. The van der Waals surface area contributed by atoms with Crippen molar-refractivity contribution in [1.82, 2.24) is 5.32 Å². The van der Waals surface area contributed by atoms with Crippen molar-refractivity contribution in [3.63, 3.8) is 0 Å². The average Bonchev–Trinajstić information content (AvgIpc) is 2.70. The normalized spacial score (nSPS) is 20.5. The molecular weight excluding hydrogens is 199 g/mol. The van der Waals surface area contributed by atoms with Gasteiger partial charge < -0.3 is 5.32 Å². The minimum absolute atomic E-state index is 0.0772. The summed E-state index contributed by atoms with van der Waals surface area (Å²) in [6, 6.07) is 4.01. The van der Waals surface area contributed by atoms with Crippen LogP contribution in [-0.2, 0) is 0 Å². The molecule has 0 bridgehead atoms. The smallest absolute Gasteiger partial charge is 0.275 e. The molecule has 0 saturated carbocycles. The average molecular weight is 210 g/mol. The van der Waals surface area contributed by atoms with E-state index in [1.54, 1.807) is 0 Å². The molecule has 1 saturated heterocycles. The summed E-state index contributed by atoms with van der Waals surface area (Å²) in [5.41, 5.74) is 0.135. The van der Waals surface area contributed by atoms with Crippen LogP contribution in [-0.4, -0.2) is 18.0 Å². The van der Waals surface area contributed by atoms with E-state index in [9.17, 15) is 14.5 Å². The van der Waals surface area contributed by atoms with E-state index in [1.807, 2.05) is 0 Å². The maximum atomic E-state index is 13.5. The first kappa shape index (κ1) is 10.0. The summed E-state index contributed by atoms with van der Waals surface area (Å²) in [5, 5.41) is 13.8. The Morgan fingerprint density at radius 3 is 2.93 bits per heavy atom. The van der Waals surface area contributed by atoms with E-state index >= 15 is 0 Å². The van der Waals surface area contributed by atoms with E-state index < -0.39 is 10.7 Å². The SMILES string of the molecule is O=[N+]([O-])c1cccc(F)c1C1CCNC1. The zero-order valence-corrected chi connectivity index (χ0v) is 8.07. The quantitative estimate of drug-likeness (QED) is 0.598. The Balaban J connectivity index is 2.46.